The number of amides is 4. The molecule has 0 unspecified atom stereocenters. The molecule has 194 valence electrons. The predicted octanol–water partition coefficient (Wildman–Crippen LogP) is 1.26. The Bertz CT molecular complexity index is 1320. The number of aromatic nitrogens is 1. The SMILES string of the molecule is COc1ccc(CCN2C(=O)N[C@@H](CC(=O)N3C[C@H]4C[C@@H](C3)c3ccc([N+](=O)[O-])c(=O)n3C4)C2=O)cc1. The van der Waals surface area contributed by atoms with Crippen molar-refractivity contribution >= 4 is 23.5 Å². The zero-order valence-electron chi connectivity index (χ0n) is 20.3. The molecule has 2 fully saturated rings. The van der Waals surface area contributed by atoms with Crippen molar-refractivity contribution in [1.29, 1.82) is 0 Å². The van der Waals surface area contributed by atoms with E-state index in [-0.39, 0.29) is 30.7 Å². The summed E-state index contributed by atoms with van der Waals surface area (Å²) in [6.07, 6.45) is 1.12. The molecule has 4 heterocycles. The molecule has 5 rings (SSSR count). The first-order chi connectivity index (χ1) is 17.7. The van der Waals surface area contributed by atoms with Gasteiger partial charge in [-0.2, -0.15) is 0 Å². The van der Waals surface area contributed by atoms with E-state index in [9.17, 15) is 29.3 Å². The molecule has 1 N–H and O–H groups in total. The summed E-state index contributed by atoms with van der Waals surface area (Å²) >= 11 is 0. The normalized spacial score (nSPS) is 22.5. The number of carbonyl (C=O) groups is 3. The Labute approximate surface area is 211 Å². The van der Waals surface area contributed by atoms with Gasteiger partial charge in [-0.15, -0.1) is 0 Å². The summed E-state index contributed by atoms with van der Waals surface area (Å²) < 4.78 is 6.60. The number of piperidine rings is 1. The lowest BCUT2D eigenvalue weighted by atomic mass is 9.83. The van der Waals surface area contributed by atoms with Crippen LogP contribution in [0.4, 0.5) is 10.5 Å². The summed E-state index contributed by atoms with van der Waals surface area (Å²) in [6.45, 7) is 1.24. The molecule has 12 heteroatoms. The maximum Gasteiger partial charge on any atom is 0.334 e. The Morgan fingerprint density at radius 2 is 1.86 bits per heavy atom. The number of hydrogen-bond acceptors (Lipinski definition) is 7. The van der Waals surface area contributed by atoms with E-state index in [0.717, 1.165) is 22.6 Å². The third-order valence-electron chi connectivity index (χ3n) is 7.40. The number of methoxy groups -OCH3 is 1. The van der Waals surface area contributed by atoms with Crippen LogP contribution in [0.15, 0.2) is 41.2 Å². The minimum absolute atomic E-state index is 0.0234. The van der Waals surface area contributed by atoms with E-state index < -0.39 is 34.2 Å². The minimum atomic E-state index is -0.921. The topological polar surface area (TPSA) is 144 Å². The summed E-state index contributed by atoms with van der Waals surface area (Å²) in [5.74, 6) is -0.100. The van der Waals surface area contributed by atoms with E-state index in [1.807, 2.05) is 24.3 Å². The van der Waals surface area contributed by atoms with Crippen LogP contribution in [-0.2, 0) is 22.6 Å². The molecule has 3 atom stereocenters. The molecule has 0 spiro atoms. The molecule has 4 amide bonds. The van der Waals surface area contributed by atoms with Gasteiger partial charge in [0.2, 0.25) is 5.91 Å². The van der Waals surface area contributed by atoms with Gasteiger partial charge in [-0.1, -0.05) is 12.1 Å². The Kier molecular flexibility index (Phi) is 6.40. The second-order valence-electron chi connectivity index (χ2n) is 9.71. The molecule has 2 saturated heterocycles. The highest BCUT2D eigenvalue weighted by molar-refractivity contribution is 6.05. The number of likely N-dealkylation sites (tertiary alicyclic amines) is 1. The van der Waals surface area contributed by atoms with Crippen molar-refractivity contribution in [2.24, 2.45) is 5.92 Å². The van der Waals surface area contributed by atoms with Gasteiger partial charge in [0.15, 0.2) is 0 Å². The molecule has 37 heavy (non-hydrogen) atoms. The van der Waals surface area contributed by atoms with E-state index in [1.165, 1.54) is 10.6 Å². The number of benzene rings is 1. The number of nitrogens with one attached hydrogen (secondary N) is 1. The highest BCUT2D eigenvalue weighted by Crippen LogP contribution is 2.36. The maximum atomic E-state index is 13.1. The van der Waals surface area contributed by atoms with E-state index >= 15 is 0 Å². The van der Waals surface area contributed by atoms with Crippen LogP contribution in [0.25, 0.3) is 0 Å². The molecule has 12 nitrogen and oxygen atoms in total. The predicted molar refractivity (Wildman–Crippen MR) is 130 cm³/mol. The number of imide groups is 1. The van der Waals surface area contributed by atoms with Crippen LogP contribution in [0.5, 0.6) is 5.75 Å². The van der Waals surface area contributed by atoms with Gasteiger partial charge in [-0.3, -0.25) is 29.4 Å². The number of urea groups is 1. The standard InChI is InChI=1S/C25H27N5O7/c1-37-18-4-2-15(3-5-18)8-9-28-23(32)19(26-25(28)34)11-22(31)27-12-16-10-17(14-27)20-6-7-21(30(35)36)24(33)29(20)13-16/h2-7,16-17,19H,8-14H2,1H3,(H,26,34)/t16-,17+,19+/m1/s1. The van der Waals surface area contributed by atoms with E-state index in [2.05, 4.69) is 5.32 Å². The van der Waals surface area contributed by atoms with Gasteiger partial charge in [0.25, 0.3) is 5.91 Å². The molecule has 2 bridgehead atoms. The highest BCUT2D eigenvalue weighted by Gasteiger charge is 2.42. The fourth-order valence-electron chi connectivity index (χ4n) is 5.54. The number of ether oxygens (including phenoxy) is 1. The molecule has 1 aromatic carbocycles. The first-order valence-corrected chi connectivity index (χ1v) is 12.2. The van der Waals surface area contributed by atoms with Gasteiger partial charge in [0.1, 0.15) is 11.8 Å². The second kappa shape index (κ2) is 9.68. The number of nitrogens with zero attached hydrogens (tertiary/aromatic N) is 4. The Hall–Kier alpha value is -4.22. The van der Waals surface area contributed by atoms with Crippen molar-refractivity contribution in [3.05, 3.63) is 68.1 Å². The first kappa shape index (κ1) is 24.5. The molecule has 2 aromatic rings. The van der Waals surface area contributed by atoms with Gasteiger partial charge in [0, 0.05) is 43.9 Å². The molecular weight excluding hydrogens is 482 g/mol. The molecule has 0 radical (unpaired) electrons. The van der Waals surface area contributed by atoms with Crippen LogP contribution in [0, 0.1) is 16.0 Å². The van der Waals surface area contributed by atoms with E-state index in [0.29, 0.717) is 31.7 Å². The Balaban J connectivity index is 1.21. The summed E-state index contributed by atoms with van der Waals surface area (Å²) in [6, 6.07) is 8.75. The zero-order chi connectivity index (χ0) is 26.3. The average Bonchev–Trinajstić information content (AvgIpc) is 3.15. The van der Waals surface area contributed by atoms with Crippen LogP contribution in [-0.4, -0.2) is 69.9 Å². The fraction of sp³-hybridized carbons (Fsp3) is 0.440. The van der Waals surface area contributed by atoms with E-state index in [1.54, 1.807) is 18.1 Å². The van der Waals surface area contributed by atoms with Gasteiger partial charge >= 0.3 is 17.3 Å². The van der Waals surface area contributed by atoms with Crippen molar-refractivity contribution in [3.63, 3.8) is 0 Å². The van der Waals surface area contributed by atoms with Crippen LogP contribution >= 0.6 is 0 Å². The first-order valence-electron chi connectivity index (χ1n) is 12.2. The minimum Gasteiger partial charge on any atom is -0.497 e. The highest BCUT2D eigenvalue weighted by atomic mass is 16.6. The zero-order valence-corrected chi connectivity index (χ0v) is 20.3. The van der Waals surface area contributed by atoms with Crippen LogP contribution in [0.1, 0.15) is 30.0 Å². The third-order valence-corrected chi connectivity index (χ3v) is 7.40. The number of hydrogen-bond donors (Lipinski definition) is 1. The smallest absolute Gasteiger partial charge is 0.334 e. The van der Waals surface area contributed by atoms with Gasteiger partial charge in [-0.25, -0.2) is 4.79 Å². The second-order valence-corrected chi connectivity index (χ2v) is 9.71. The number of rotatable bonds is 7. The van der Waals surface area contributed by atoms with Gasteiger partial charge in [-0.05, 0) is 42.5 Å². The van der Waals surface area contributed by atoms with Gasteiger partial charge < -0.3 is 19.5 Å². The lowest BCUT2D eigenvalue weighted by Crippen LogP contribution is -2.50. The fourth-order valence-corrected chi connectivity index (χ4v) is 5.54. The number of carbonyl (C=O) groups excluding carboxylic acids is 3. The molecular formula is C25H27N5O7. The molecule has 0 saturated carbocycles. The molecule has 1 aromatic heterocycles. The van der Waals surface area contributed by atoms with Crippen LogP contribution < -0.4 is 15.6 Å². The quantitative estimate of drug-likeness (QED) is 0.336. The summed E-state index contributed by atoms with van der Waals surface area (Å²) in [7, 11) is 1.58. The lowest BCUT2D eigenvalue weighted by molar-refractivity contribution is -0.386. The number of nitro groups is 1. The van der Waals surface area contributed by atoms with Crippen LogP contribution in [0.2, 0.25) is 0 Å². The van der Waals surface area contributed by atoms with Crippen molar-refractivity contribution in [1.82, 2.24) is 19.7 Å². The van der Waals surface area contributed by atoms with Gasteiger partial charge in [0.05, 0.1) is 18.5 Å². The van der Waals surface area contributed by atoms with Crippen LogP contribution in [0.3, 0.4) is 0 Å². The summed E-state index contributed by atoms with van der Waals surface area (Å²) in [5, 5.41) is 13.8. The van der Waals surface area contributed by atoms with E-state index in [4.69, 9.17) is 4.74 Å². The lowest BCUT2D eigenvalue weighted by Gasteiger charge is -2.42. The Morgan fingerprint density at radius 3 is 2.57 bits per heavy atom. The summed E-state index contributed by atoms with van der Waals surface area (Å²) in [4.78, 5) is 64.3. The third kappa shape index (κ3) is 4.66. The molecule has 0 aliphatic carbocycles. The molecule has 3 aliphatic heterocycles. The van der Waals surface area contributed by atoms with Crippen molar-refractivity contribution < 1.29 is 24.0 Å². The van der Waals surface area contributed by atoms with Crippen molar-refractivity contribution in [2.45, 2.75) is 37.8 Å². The monoisotopic (exact) mass is 509 g/mol. The molecule has 3 aliphatic rings. The summed E-state index contributed by atoms with van der Waals surface area (Å²) in [5.41, 5.74) is 0.555. The van der Waals surface area contributed by atoms with Crippen molar-refractivity contribution in [3.8, 4) is 5.75 Å². The largest absolute Gasteiger partial charge is 0.497 e. The van der Waals surface area contributed by atoms with Crippen molar-refractivity contribution in [2.75, 3.05) is 26.7 Å². The average molecular weight is 510 g/mol. The number of fused-ring (bicyclic) bond motifs is 4. The maximum absolute atomic E-state index is 13.1. The Morgan fingerprint density at radius 1 is 1.11 bits per heavy atom. The number of pyridine rings is 1.